The van der Waals surface area contributed by atoms with Crippen molar-refractivity contribution < 1.29 is 19.8 Å². The summed E-state index contributed by atoms with van der Waals surface area (Å²) in [5, 5.41) is 18.0. The summed E-state index contributed by atoms with van der Waals surface area (Å²) < 4.78 is 0. The van der Waals surface area contributed by atoms with E-state index in [1.54, 1.807) is 18.7 Å². The Morgan fingerprint density at radius 2 is 1.84 bits per heavy atom. The quantitative estimate of drug-likeness (QED) is 0.759. The van der Waals surface area contributed by atoms with Crippen LogP contribution in [0.15, 0.2) is 0 Å². The van der Waals surface area contributed by atoms with Crippen LogP contribution in [0.25, 0.3) is 0 Å². The third-order valence-corrected chi connectivity index (χ3v) is 3.53. The lowest BCUT2D eigenvalue weighted by Gasteiger charge is -2.35. The van der Waals surface area contributed by atoms with Crippen LogP contribution in [0.1, 0.15) is 39.5 Å². The van der Waals surface area contributed by atoms with Crippen LogP contribution in [0, 0.1) is 0 Å². The standard InChI is InChI=1S/C13H24N2O4/c1-10(2)15(9-12(17)18)13(19)14(7-8-16)11-5-3-4-6-11/h10-11,16H,3-9H2,1-2H3,(H,17,18). The molecule has 0 unspecified atom stereocenters. The van der Waals surface area contributed by atoms with Crippen molar-refractivity contribution in [1.29, 1.82) is 0 Å². The van der Waals surface area contributed by atoms with Crippen molar-refractivity contribution in [2.75, 3.05) is 19.7 Å². The number of hydrogen-bond donors (Lipinski definition) is 2. The molecule has 1 rings (SSSR count). The normalized spacial score (nSPS) is 15.8. The third kappa shape index (κ3) is 4.38. The number of amides is 2. The Balaban J connectivity index is 2.79. The molecule has 0 aromatic heterocycles. The highest BCUT2D eigenvalue weighted by Crippen LogP contribution is 2.24. The van der Waals surface area contributed by atoms with Gasteiger partial charge >= 0.3 is 12.0 Å². The number of aliphatic hydroxyl groups is 1. The number of carbonyl (C=O) groups excluding carboxylic acids is 1. The maximum absolute atomic E-state index is 12.5. The predicted molar refractivity (Wildman–Crippen MR) is 70.9 cm³/mol. The fourth-order valence-corrected chi connectivity index (χ4v) is 2.54. The van der Waals surface area contributed by atoms with Gasteiger partial charge in [0.25, 0.3) is 0 Å². The molecule has 1 aliphatic carbocycles. The average molecular weight is 272 g/mol. The summed E-state index contributed by atoms with van der Waals surface area (Å²) >= 11 is 0. The van der Waals surface area contributed by atoms with Gasteiger partial charge in [-0.1, -0.05) is 12.8 Å². The first-order valence-corrected chi connectivity index (χ1v) is 6.87. The minimum Gasteiger partial charge on any atom is -0.480 e. The van der Waals surface area contributed by atoms with E-state index in [2.05, 4.69) is 0 Å². The van der Waals surface area contributed by atoms with Crippen molar-refractivity contribution in [2.24, 2.45) is 0 Å². The van der Waals surface area contributed by atoms with Gasteiger partial charge in [0.15, 0.2) is 0 Å². The maximum Gasteiger partial charge on any atom is 0.323 e. The molecule has 1 saturated carbocycles. The van der Waals surface area contributed by atoms with Crippen LogP contribution in [-0.2, 0) is 4.79 Å². The monoisotopic (exact) mass is 272 g/mol. The second-order valence-electron chi connectivity index (χ2n) is 5.25. The summed E-state index contributed by atoms with van der Waals surface area (Å²) in [4.78, 5) is 26.3. The van der Waals surface area contributed by atoms with Gasteiger partial charge in [-0.3, -0.25) is 4.79 Å². The number of urea groups is 1. The molecule has 6 heteroatoms. The minimum atomic E-state index is -1.02. The third-order valence-electron chi connectivity index (χ3n) is 3.53. The van der Waals surface area contributed by atoms with Crippen molar-refractivity contribution in [1.82, 2.24) is 9.80 Å². The van der Waals surface area contributed by atoms with E-state index < -0.39 is 5.97 Å². The number of carboxylic acid groups (broad SMARTS) is 1. The highest BCUT2D eigenvalue weighted by Gasteiger charge is 2.31. The lowest BCUT2D eigenvalue weighted by molar-refractivity contribution is -0.138. The van der Waals surface area contributed by atoms with E-state index in [9.17, 15) is 9.59 Å². The molecule has 0 aliphatic heterocycles. The molecule has 2 amide bonds. The van der Waals surface area contributed by atoms with Gasteiger partial charge in [0.05, 0.1) is 6.61 Å². The molecule has 0 spiro atoms. The summed E-state index contributed by atoms with van der Waals surface area (Å²) in [5.74, 6) is -1.02. The molecule has 1 aliphatic rings. The number of carboxylic acids is 1. The van der Waals surface area contributed by atoms with E-state index in [-0.39, 0.29) is 37.8 Å². The lowest BCUT2D eigenvalue weighted by Crippen LogP contribution is -2.52. The summed E-state index contributed by atoms with van der Waals surface area (Å²) in [6, 6.07) is -0.320. The molecule has 0 heterocycles. The molecule has 0 bridgehead atoms. The first-order valence-electron chi connectivity index (χ1n) is 6.87. The second kappa shape index (κ2) is 7.33. The van der Waals surface area contributed by atoms with Crippen molar-refractivity contribution in [3.05, 3.63) is 0 Å². The Morgan fingerprint density at radius 3 is 2.26 bits per heavy atom. The fourth-order valence-electron chi connectivity index (χ4n) is 2.54. The van der Waals surface area contributed by atoms with Crippen molar-refractivity contribution in [2.45, 2.75) is 51.6 Å². The molecule has 0 aromatic rings. The number of rotatable bonds is 6. The van der Waals surface area contributed by atoms with Crippen molar-refractivity contribution in [3.63, 3.8) is 0 Å². The zero-order valence-electron chi connectivity index (χ0n) is 11.7. The molecule has 0 radical (unpaired) electrons. The highest BCUT2D eigenvalue weighted by atomic mass is 16.4. The summed E-state index contributed by atoms with van der Waals surface area (Å²) in [5.41, 5.74) is 0. The Bertz CT molecular complexity index is 314. The highest BCUT2D eigenvalue weighted by molar-refractivity contribution is 5.80. The SMILES string of the molecule is CC(C)N(CC(=O)O)C(=O)N(CCO)C1CCCC1. The van der Waals surface area contributed by atoms with Crippen LogP contribution in [0.3, 0.4) is 0 Å². The zero-order valence-corrected chi connectivity index (χ0v) is 11.7. The van der Waals surface area contributed by atoms with Gasteiger partial charge in [0.2, 0.25) is 0 Å². The average Bonchev–Trinajstić information content (AvgIpc) is 2.85. The molecule has 110 valence electrons. The van der Waals surface area contributed by atoms with Crippen molar-refractivity contribution in [3.8, 4) is 0 Å². The van der Waals surface area contributed by atoms with Crippen LogP contribution in [0.4, 0.5) is 4.79 Å². The number of aliphatic carboxylic acids is 1. The van der Waals surface area contributed by atoms with Crippen LogP contribution >= 0.6 is 0 Å². The Hall–Kier alpha value is -1.30. The lowest BCUT2D eigenvalue weighted by atomic mass is 10.2. The number of hydrogen-bond acceptors (Lipinski definition) is 3. The Labute approximate surface area is 114 Å². The summed E-state index contributed by atoms with van der Waals surface area (Å²) in [6.07, 6.45) is 4.04. The maximum atomic E-state index is 12.5. The second-order valence-corrected chi connectivity index (χ2v) is 5.25. The van der Waals surface area contributed by atoms with Crippen LogP contribution in [0.5, 0.6) is 0 Å². The van der Waals surface area contributed by atoms with E-state index in [4.69, 9.17) is 10.2 Å². The Morgan fingerprint density at radius 1 is 1.26 bits per heavy atom. The fraction of sp³-hybridized carbons (Fsp3) is 0.846. The molecule has 0 saturated heterocycles. The number of aliphatic hydroxyl groups excluding tert-OH is 1. The van der Waals surface area contributed by atoms with Crippen molar-refractivity contribution >= 4 is 12.0 Å². The summed E-state index contributed by atoms with van der Waals surface area (Å²) in [7, 11) is 0. The van der Waals surface area contributed by atoms with E-state index in [0.29, 0.717) is 0 Å². The van der Waals surface area contributed by atoms with Gasteiger partial charge in [-0.25, -0.2) is 4.79 Å². The summed E-state index contributed by atoms with van der Waals surface area (Å²) in [6.45, 7) is 3.47. The number of carbonyl (C=O) groups is 2. The first kappa shape index (κ1) is 15.8. The molecule has 0 atom stereocenters. The zero-order chi connectivity index (χ0) is 14.4. The van der Waals surface area contributed by atoms with E-state index in [1.165, 1.54) is 4.90 Å². The molecule has 19 heavy (non-hydrogen) atoms. The van der Waals surface area contributed by atoms with Gasteiger partial charge in [-0.2, -0.15) is 0 Å². The van der Waals surface area contributed by atoms with Crippen LogP contribution < -0.4 is 0 Å². The van der Waals surface area contributed by atoms with E-state index >= 15 is 0 Å². The molecule has 0 aromatic carbocycles. The Kier molecular flexibility index (Phi) is 6.08. The predicted octanol–water partition coefficient (Wildman–Crippen LogP) is 1.14. The van der Waals surface area contributed by atoms with Gasteiger partial charge < -0.3 is 20.0 Å². The topological polar surface area (TPSA) is 81.1 Å². The van der Waals surface area contributed by atoms with E-state index in [0.717, 1.165) is 25.7 Å². The first-order chi connectivity index (χ1) is 8.97. The molecule has 6 nitrogen and oxygen atoms in total. The van der Waals surface area contributed by atoms with Gasteiger partial charge in [-0.05, 0) is 26.7 Å². The minimum absolute atomic E-state index is 0.0960. The van der Waals surface area contributed by atoms with Gasteiger partial charge in [-0.15, -0.1) is 0 Å². The van der Waals surface area contributed by atoms with E-state index in [1.807, 2.05) is 0 Å². The van der Waals surface area contributed by atoms with Gasteiger partial charge in [0.1, 0.15) is 6.54 Å². The molecule has 1 fully saturated rings. The number of nitrogens with zero attached hydrogens (tertiary/aromatic N) is 2. The smallest absolute Gasteiger partial charge is 0.323 e. The van der Waals surface area contributed by atoms with Gasteiger partial charge in [0, 0.05) is 18.6 Å². The molecular weight excluding hydrogens is 248 g/mol. The largest absolute Gasteiger partial charge is 0.480 e. The molecular formula is C13H24N2O4. The van der Waals surface area contributed by atoms with Crippen LogP contribution in [0.2, 0.25) is 0 Å². The molecule has 2 N–H and O–H groups in total. The van der Waals surface area contributed by atoms with Crippen LogP contribution in [-0.4, -0.2) is 63.8 Å².